The van der Waals surface area contributed by atoms with Crippen molar-refractivity contribution < 1.29 is 0 Å². The molecule has 4 aromatic rings. The van der Waals surface area contributed by atoms with Gasteiger partial charge in [0.05, 0.1) is 4.88 Å². The number of fused-ring (bicyclic) bond motifs is 1. The highest BCUT2D eigenvalue weighted by molar-refractivity contribution is 7.27. The van der Waals surface area contributed by atoms with E-state index < -0.39 is 0 Å². The van der Waals surface area contributed by atoms with Gasteiger partial charge in [0.25, 0.3) is 0 Å². The van der Waals surface area contributed by atoms with Gasteiger partial charge in [-0.05, 0) is 38.1 Å². The lowest BCUT2D eigenvalue weighted by Crippen LogP contribution is -1.78. The predicted molar refractivity (Wildman–Crippen MR) is 93.5 cm³/mol. The summed E-state index contributed by atoms with van der Waals surface area (Å²) in [4.78, 5) is 16.7. The van der Waals surface area contributed by atoms with E-state index in [1.165, 1.54) is 29.3 Å². The molecular weight excluding hydrogens is 316 g/mol. The maximum absolute atomic E-state index is 4.52. The summed E-state index contributed by atoms with van der Waals surface area (Å²) in [6.45, 7) is 4.26. The fourth-order valence-electron chi connectivity index (χ4n) is 2.34. The second-order valence-corrected chi connectivity index (χ2v) is 8.41. The van der Waals surface area contributed by atoms with Gasteiger partial charge in [-0.15, -0.1) is 34.0 Å². The van der Waals surface area contributed by atoms with E-state index in [1.54, 1.807) is 23.7 Å². The smallest absolute Gasteiger partial charge is 0.108 e. The minimum atomic E-state index is 1.02. The molecule has 0 atom stereocenters. The first-order chi connectivity index (χ1) is 10.2. The molecule has 0 aliphatic rings. The van der Waals surface area contributed by atoms with Gasteiger partial charge < -0.3 is 0 Å². The van der Waals surface area contributed by atoms with Gasteiger partial charge in [0.1, 0.15) is 11.0 Å². The second kappa shape index (κ2) is 5.02. The van der Waals surface area contributed by atoms with E-state index in [0.29, 0.717) is 0 Å². The highest BCUT2D eigenvalue weighted by Gasteiger charge is 2.15. The van der Waals surface area contributed by atoms with Crippen molar-refractivity contribution in [2.45, 2.75) is 13.8 Å². The second-order valence-electron chi connectivity index (χ2n) is 4.82. The zero-order chi connectivity index (χ0) is 14.4. The van der Waals surface area contributed by atoms with E-state index in [9.17, 15) is 0 Å². The van der Waals surface area contributed by atoms with Gasteiger partial charge in [-0.2, -0.15) is 0 Å². The van der Waals surface area contributed by atoms with Gasteiger partial charge in [0.15, 0.2) is 0 Å². The molecule has 21 heavy (non-hydrogen) atoms. The van der Waals surface area contributed by atoms with Crippen LogP contribution in [0.25, 0.3) is 30.5 Å². The molecule has 0 saturated carbocycles. The summed E-state index contributed by atoms with van der Waals surface area (Å²) >= 11 is 5.46. The lowest BCUT2D eigenvalue weighted by atomic mass is 10.3. The summed E-state index contributed by atoms with van der Waals surface area (Å²) < 4.78 is 0. The molecule has 4 rings (SSSR count). The van der Waals surface area contributed by atoms with Crippen molar-refractivity contribution in [1.82, 2.24) is 9.97 Å². The Morgan fingerprint density at radius 1 is 0.714 bits per heavy atom. The molecule has 0 aromatic carbocycles. The fourth-order valence-corrected chi connectivity index (χ4v) is 5.46. The first-order valence-electron chi connectivity index (χ1n) is 6.59. The topological polar surface area (TPSA) is 25.8 Å². The van der Waals surface area contributed by atoms with Crippen molar-refractivity contribution in [2.24, 2.45) is 0 Å². The average molecular weight is 328 g/mol. The number of thiophene rings is 3. The van der Waals surface area contributed by atoms with E-state index in [2.05, 4.69) is 48.1 Å². The first kappa shape index (κ1) is 13.1. The zero-order valence-corrected chi connectivity index (χ0v) is 14.0. The largest absolute Gasteiger partial charge is 0.252 e. The Balaban J connectivity index is 1.85. The number of rotatable bonds is 2. The van der Waals surface area contributed by atoms with Crippen LogP contribution in [0.4, 0.5) is 0 Å². The number of hydrogen-bond donors (Lipinski definition) is 0. The molecule has 0 unspecified atom stereocenters. The third-order valence-corrected chi connectivity index (χ3v) is 6.86. The Hall–Kier alpha value is -1.56. The van der Waals surface area contributed by atoms with Crippen molar-refractivity contribution in [2.75, 3.05) is 0 Å². The molecule has 0 fully saturated rings. The molecule has 5 heteroatoms. The van der Waals surface area contributed by atoms with Crippen LogP contribution in [0.3, 0.4) is 0 Å². The molecular formula is C16H12N2S3. The molecule has 0 radical (unpaired) electrons. The molecule has 104 valence electrons. The van der Waals surface area contributed by atoms with Crippen LogP contribution in [-0.2, 0) is 0 Å². The minimum Gasteiger partial charge on any atom is -0.252 e. The SMILES string of the molecule is Cc1ccc(-c2ccc(-c3sc(C)c4nccnc34)s2)s1. The van der Waals surface area contributed by atoms with Gasteiger partial charge in [-0.25, -0.2) is 0 Å². The van der Waals surface area contributed by atoms with Crippen LogP contribution < -0.4 is 0 Å². The summed E-state index contributed by atoms with van der Waals surface area (Å²) in [7, 11) is 0. The van der Waals surface area contributed by atoms with Crippen LogP contribution >= 0.6 is 34.0 Å². The van der Waals surface area contributed by atoms with Crippen LogP contribution in [0.1, 0.15) is 9.75 Å². The molecule has 0 aliphatic carbocycles. The van der Waals surface area contributed by atoms with E-state index in [4.69, 9.17) is 0 Å². The molecule has 0 amide bonds. The summed E-state index contributed by atoms with van der Waals surface area (Å²) in [6.07, 6.45) is 3.54. The van der Waals surface area contributed by atoms with Crippen LogP contribution in [-0.4, -0.2) is 9.97 Å². The Bertz CT molecular complexity index is 930. The Kier molecular flexibility index (Phi) is 3.14. The van der Waals surface area contributed by atoms with Crippen molar-refractivity contribution in [3.8, 4) is 19.5 Å². The van der Waals surface area contributed by atoms with Gasteiger partial charge in [0, 0.05) is 36.8 Å². The molecule has 0 N–H and O–H groups in total. The molecule has 2 nitrogen and oxygen atoms in total. The lowest BCUT2D eigenvalue weighted by molar-refractivity contribution is 1.30. The maximum Gasteiger partial charge on any atom is 0.108 e. The third-order valence-electron chi connectivity index (χ3n) is 3.31. The standard InChI is InChI=1S/C16H12N2S3/c1-9-3-4-11(19-9)12-5-6-13(21-12)16-15-14(10(2)20-16)17-7-8-18-15/h3-8H,1-2H3. The molecule has 0 saturated heterocycles. The van der Waals surface area contributed by atoms with E-state index in [1.807, 2.05) is 22.7 Å². The Labute approximate surface area is 134 Å². The fraction of sp³-hybridized carbons (Fsp3) is 0.125. The third kappa shape index (κ3) is 2.21. The summed E-state index contributed by atoms with van der Waals surface area (Å²) in [5, 5.41) is 0. The zero-order valence-electron chi connectivity index (χ0n) is 11.6. The van der Waals surface area contributed by atoms with Crippen molar-refractivity contribution >= 4 is 45.0 Å². The quantitative estimate of drug-likeness (QED) is 0.467. The van der Waals surface area contributed by atoms with Crippen molar-refractivity contribution in [3.63, 3.8) is 0 Å². The molecule has 0 spiro atoms. The van der Waals surface area contributed by atoms with Gasteiger partial charge in [-0.1, -0.05) is 0 Å². The first-order valence-corrected chi connectivity index (χ1v) is 9.04. The molecule has 4 heterocycles. The van der Waals surface area contributed by atoms with E-state index in [0.717, 1.165) is 11.0 Å². The highest BCUT2D eigenvalue weighted by atomic mass is 32.1. The summed E-state index contributed by atoms with van der Waals surface area (Å²) in [5.41, 5.74) is 2.05. The number of aryl methyl sites for hydroxylation is 2. The predicted octanol–water partition coefficient (Wildman–Crippen LogP) is 5.77. The maximum atomic E-state index is 4.52. The minimum absolute atomic E-state index is 1.02. The Morgan fingerprint density at radius 3 is 2.14 bits per heavy atom. The lowest BCUT2D eigenvalue weighted by Gasteiger charge is -1.93. The van der Waals surface area contributed by atoms with Crippen molar-refractivity contribution in [3.05, 3.63) is 46.4 Å². The molecule has 4 aromatic heterocycles. The monoisotopic (exact) mass is 328 g/mol. The normalized spacial score (nSPS) is 11.3. The number of aromatic nitrogens is 2. The van der Waals surface area contributed by atoms with Crippen LogP contribution in [0.2, 0.25) is 0 Å². The highest BCUT2D eigenvalue weighted by Crippen LogP contribution is 2.42. The molecule has 0 aliphatic heterocycles. The van der Waals surface area contributed by atoms with Crippen LogP contribution in [0.15, 0.2) is 36.7 Å². The summed E-state index contributed by atoms with van der Waals surface area (Å²) in [5.74, 6) is 0. The van der Waals surface area contributed by atoms with Crippen LogP contribution in [0.5, 0.6) is 0 Å². The number of nitrogens with zero attached hydrogens (tertiary/aromatic N) is 2. The van der Waals surface area contributed by atoms with Gasteiger partial charge in [0.2, 0.25) is 0 Å². The Morgan fingerprint density at radius 2 is 1.38 bits per heavy atom. The van der Waals surface area contributed by atoms with E-state index in [-0.39, 0.29) is 0 Å². The summed E-state index contributed by atoms with van der Waals surface area (Å²) in [6, 6.07) is 8.79. The number of hydrogen-bond acceptors (Lipinski definition) is 5. The average Bonchev–Trinajstić information content (AvgIpc) is 3.18. The van der Waals surface area contributed by atoms with Gasteiger partial charge in [-0.3, -0.25) is 9.97 Å². The van der Waals surface area contributed by atoms with Crippen molar-refractivity contribution in [1.29, 1.82) is 0 Å². The molecule has 0 bridgehead atoms. The van der Waals surface area contributed by atoms with Gasteiger partial charge >= 0.3 is 0 Å². The van der Waals surface area contributed by atoms with Crippen LogP contribution in [0, 0.1) is 13.8 Å². The van der Waals surface area contributed by atoms with E-state index >= 15 is 0 Å².